The predicted octanol–water partition coefficient (Wildman–Crippen LogP) is 3.03. The quantitative estimate of drug-likeness (QED) is 0.656. The molecule has 3 N–H and O–H groups in total. The minimum atomic E-state index is -0.263. The van der Waals surface area contributed by atoms with Gasteiger partial charge < -0.3 is 9.15 Å². The average Bonchev–Trinajstić information content (AvgIpc) is 2.71. The number of hydrogen-bond donors (Lipinski definition) is 2. The molecule has 1 aromatic rings. The Kier molecular flexibility index (Phi) is 3.49. The van der Waals surface area contributed by atoms with Gasteiger partial charge in [-0.15, -0.1) is 0 Å². The number of furan rings is 1. The van der Waals surface area contributed by atoms with Gasteiger partial charge in [0.05, 0.1) is 23.5 Å². The van der Waals surface area contributed by atoms with Crippen LogP contribution in [0.5, 0.6) is 0 Å². The maximum absolute atomic E-state index is 6.10. The lowest BCUT2D eigenvalue weighted by atomic mass is 9.80. The first-order chi connectivity index (χ1) is 8.27. The zero-order valence-electron chi connectivity index (χ0n) is 11.3. The molecule has 0 radical (unpaired) electrons. The third-order valence-corrected chi connectivity index (χ3v) is 4.01. The Morgan fingerprint density at radius 1 is 1.44 bits per heavy atom. The molecule has 1 fully saturated rings. The molecule has 4 nitrogen and oxygen atoms in total. The molecule has 1 aliphatic rings. The molecule has 2 unspecified atom stereocenters. The van der Waals surface area contributed by atoms with Crippen LogP contribution in [0.15, 0.2) is 16.7 Å². The highest BCUT2D eigenvalue weighted by atomic mass is 35.5. The van der Waals surface area contributed by atoms with Crippen LogP contribution < -0.4 is 11.3 Å². The minimum absolute atomic E-state index is 0.0759. The number of nitrogens with two attached hydrogens (primary N) is 1. The molecule has 102 valence electrons. The molecule has 0 amide bonds. The highest BCUT2D eigenvalue weighted by molar-refractivity contribution is 6.29. The van der Waals surface area contributed by atoms with Crippen molar-refractivity contribution in [3.63, 3.8) is 0 Å². The van der Waals surface area contributed by atoms with Crippen molar-refractivity contribution in [2.75, 3.05) is 0 Å². The molecule has 5 heteroatoms. The third-order valence-electron chi connectivity index (χ3n) is 3.71. The van der Waals surface area contributed by atoms with Gasteiger partial charge in [-0.2, -0.15) is 0 Å². The first-order valence-electron chi connectivity index (χ1n) is 6.16. The topological polar surface area (TPSA) is 60.4 Å². The number of rotatable bonds is 3. The molecule has 18 heavy (non-hydrogen) atoms. The number of ether oxygens (including phenoxy) is 1. The summed E-state index contributed by atoms with van der Waals surface area (Å²) in [4.78, 5) is 0. The number of hydrazine groups is 1. The van der Waals surface area contributed by atoms with Gasteiger partial charge in [0, 0.05) is 11.5 Å². The molecule has 0 aliphatic carbocycles. The van der Waals surface area contributed by atoms with E-state index < -0.39 is 0 Å². The second-order valence-electron chi connectivity index (χ2n) is 6.07. The SMILES string of the molecule is CC1(C)CC(C(NN)c2ccoc2Cl)C(C)(C)O1. The van der Waals surface area contributed by atoms with E-state index in [9.17, 15) is 0 Å². The van der Waals surface area contributed by atoms with Crippen molar-refractivity contribution in [1.82, 2.24) is 5.43 Å². The Morgan fingerprint density at radius 3 is 2.50 bits per heavy atom. The molecular formula is C13H21ClN2O2. The van der Waals surface area contributed by atoms with E-state index in [1.807, 2.05) is 6.07 Å². The van der Waals surface area contributed by atoms with Gasteiger partial charge >= 0.3 is 0 Å². The minimum Gasteiger partial charge on any atom is -0.453 e. The van der Waals surface area contributed by atoms with Crippen LogP contribution in [-0.4, -0.2) is 11.2 Å². The maximum Gasteiger partial charge on any atom is 0.197 e. The highest BCUT2D eigenvalue weighted by Gasteiger charge is 2.49. The van der Waals surface area contributed by atoms with Crippen molar-refractivity contribution >= 4 is 11.6 Å². The molecule has 0 saturated carbocycles. The van der Waals surface area contributed by atoms with Crippen LogP contribution in [0.25, 0.3) is 0 Å². The summed E-state index contributed by atoms with van der Waals surface area (Å²) in [6.07, 6.45) is 2.49. The smallest absolute Gasteiger partial charge is 0.197 e. The number of nitrogens with one attached hydrogen (secondary N) is 1. The fraction of sp³-hybridized carbons (Fsp3) is 0.692. The largest absolute Gasteiger partial charge is 0.453 e. The lowest BCUT2D eigenvalue weighted by molar-refractivity contribution is -0.0779. The molecule has 1 aromatic heterocycles. The van der Waals surface area contributed by atoms with Crippen LogP contribution in [0.4, 0.5) is 0 Å². The van der Waals surface area contributed by atoms with Gasteiger partial charge in [-0.25, -0.2) is 0 Å². The fourth-order valence-corrected chi connectivity index (χ4v) is 3.31. The van der Waals surface area contributed by atoms with Gasteiger partial charge in [0.2, 0.25) is 0 Å². The van der Waals surface area contributed by atoms with E-state index in [0.717, 1.165) is 12.0 Å². The Balaban J connectivity index is 2.32. The molecule has 2 heterocycles. The lowest BCUT2D eigenvalue weighted by Crippen LogP contribution is -2.41. The Bertz CT molecular complexity index is 428. The zero-order chi connectivity index (χ0) is 13.6. The molecule has 2 rings (SSSR count). The van der Waals surface area contributed by atoms with Gasteiger partial charge in [-0.05, 0) is 51.8 Å². The zero-order valence-corrected chi connectivity index (χ0v) is 12.0. The Labute approximate surface area is 113 Å². The molecule has 0 aromatic carbocycles. The standard InChI is InChI=1S/C13H21ClN2O2/c1-12(2)7-9(13(3,4)18-12)10(16-15)8-5-6-17-11(8)14/h5-6,9-10,16H,7,15H2,1-4H3. The molecule has 0 spiro atoms. The van der Waals surface area contributed by atoms with Crippen LogP contribution in [0.2, 0.25) is 5.22 Å². The summed E-state index contributed by atoms with van der Waals surface area (Å²) < 4.78 is 11.3. The van der Waals surface area contributed by atoms with Crippen LogP contribution >= 0.6 is 11.6 Å². The fourth-order valence-electron chi connectivity index (χ4n) is 3.07. The summed E-state index contributed by atoms with van der Waals surface area (Å²) in [5, 5.41) is 0.387. The van der Waals surface area contributed by atoms with Crippen LogP contribution in [0.1, 0.15) is 45.7 Å². The van der Waals surface area contributed by atoms with Crippen molar-refractivity contribution in [2.24, 2.45) is 11.8 Å². The number of hydrogen-bond acceptors (Lipinski definition) is 4. The third kappa shape index (κ3) is 2.43. The van der Waals surface area contributed by atoms with Crippen molar-refractivity contribution in [2.45, 2.75) is 51.4 Å². The average molecular weight is 273 g/mol. The second kappa shape index (κ2) is 4.53. The first kappa shape index (κ1) is 13.9. The normalized spacial score (nSPS) is 27.3. The summed E-state index contributed by atoms with van der Waals surface area (Å²) in [6.45, 7) is 8.37. The maximum atomic E-state index is 6.10. The molecule has 1 aliphatic heterocycles. The van der Waals surface area contributed by atoms with E-state index in [0.29, 0.717) is 5.22 Å². The lowest BCUT2D eigenvalue weighted by Gasteiger charge is -2.32. The second-order valence-corrected chi connectivity index (χ2v) is 6.41. The molecule has 0 bridgehead atoms. The van der Waals surface area contributed by atoms with Crippen LogP contribution in [0.3, 0.4) is 0 Å². The summed E-state index contributed by atoms with van der Waals surface area (Å²) in [5.41, 5.74) is 3.33. The predicted molar refractivity (Wildman–Crippen MR) is 71.1 cm³/mol. The highest BCUT2D eigenvalue weighted by Crippen LogP contribution is 2.48. The van der Waals surface area contributed by atoms with Crippen LogP contribution in [0, 0.1) is 5.92 Å². The van der Waals surface area contributed by atoms with E-state index in [4.69, 9.17) is 26.6 Å². The van der Waals surface area contributed by atoms with E-state index in [1.54, 1.807) is 6.26 Å². The summed E-state index contributed by atoms with van der Waals surface area (Å²) >= 11 is 6.05. The first-order valence-corrected chi connectivity index (χ1v) is 6.54. The molecular weight excluding hydrogens is 252 g/mol. The molecule has 2 atom stereocenters. The van der Waals surface area contributed by atoms with Crippen molar-refractivity contribution in [1.29, 1.82) is 0 Å². The monoisotopic (exact) mass is 272 g/mol. The van der Waals surface area contributed by atoms with E-state index in [1.165, 1.54) is 0 Å². The van der Waals surface area contributed by atoms with Gasteiger partial charge in [0.15, 0.2) is 5.22 Å². The van der Waals surface area contributed by atoms with Gasteiger partial charge in [-0.3, -0.25) is 11.3 Å². The Hall–Kier alpha value is -0.550. The van der Waals surface area contributed by atoms with Crippen molar-refractivity contribution < 1.29 is 9.15 Å². The number of halogens is 1. The Morgan fingerprint density at radius 2 is 2.11 bits per heavy atom. The van der Waals surface area contributed by atoms with Gasteiger partial charge in [0.25, 0.3) is 0 Å². The van der Waals surface area contributed by atoms with Gasteiger partial charge in [0.1, 0.15) is 0 Å². The van der Waals surface area contributed by atoms with E-state index in [2.05, 4.69) is 33.1 Å². The van der Waals surface area contributed by atoms with Crippen molar-refractivity contribution in [3.8, 4) is 0 Å². The molecule has 1 saturated heterocycles. The summed E-state index contributed by atoms with van der Waals surface area (Å²) in [7, 11) is 0. The van der Waals surface area contributed by atoms with E-state index >= 15 is 0 Å². The summed E-state index contributed by atoms with van der Waals surface area (Å²) in [6, 6.07) is 1.78. The van der Waals surface area contributed by atoms with E-state index in [-0.39, 0.29) is 23.2 Å². The van der Waals surface area contributed by atoms with Gasteiger partial charge in [-0.1, -0.05) is 0 Å². The van der Waals surface area contributed by atoms with Crippen LogP contribution in [-0.2, 0) is 4.74 Å². The summed E-state index contributed by atoms with van der Waals surface area (Å²) in [5.74, 6) is 5.95. The van der Waals surface area contributed by atoms with Crippen molar-refractivity contribution in [3.05, 3.63) is 23.1 Å².